The van der Waals surface area contributed by atoms with Crippen molar-refractivity contribution in [2.45, 2.75) is 0 Å². The summed E-state index contributed by atoms with van der Waals surface area (Å²) in [7, 11) is 0. The fraction of sp³-hybridized carbons (Fsp3) is 0. The molecule has 0 aliphatic heterocycles. The quantitative estimate of drug-likeness (QED) is 0.351. The van der Waals surface area contributed by atoms with Gasteiger partial charge in [0.2, 0.25) is 11.0 Å². The van der Waals surface area contributed by atoms with Crippen molar-refractivity contribution in [3.8, 4) is 11.6 Å². The topological polar surface area (TPSA) is 100 Å². The minimum absolute atomic E-state index is 0.173. The van der Waals surface area contributed by atoms with Crippen LogP contribution < -0.4 is 11.2 Å². The van der Waals surface area contributed by atoms with Crippen LogP contribution in [0.2, 0.25) is 10.0 Å². The molecule has 5 aromatic rings. The average Bonchev–Trinajstić information content (AvgIpc) is 3.15. The first-order valence-electron chi connectivity index (χ1n) is 9.28. The molecule has 0 fully saturated rings. The molecule has 2 N–H and O–H groups in total. The molecule has 0 unspecified atom stereocenters. The lowest BCUT2D eigenvalue weighted by Gasteiger charge is -2.12. The predicted octanol–water partition coefficient (Wildman–Crippen LogP) is 5.05. The van der Waals surface area contributed by atoms with Crippen molar-refractivity contribution >= 4 is 66.9 Å². The molecule has 158 valence electrons. The van der Waals surface area contributed by atoms with Crippen LogP contribution in [0.1, 0.15) is 5.56 Å². The Labute approximate surface area is 193 Å². The van der Waals surface area contributed by atoms with Crippen LogP contribution in [-0.4, -0.2) is 25.9 Å². The number of hydrogen-bond donors (Lipinski definition) is 2. The van der Waals surface area contributed by atoms with Crippen LogP contribution in [0, 0.1) is 0 Å². The molecule has 3 aromatic carbocycles. The molecule has 0 atom stereocenters. The smallest absolute Gasteiger partial charge is 0.335 e. The monoisotopic (exact) mass is 482 g/mol. The van der Waals surface area contributed by atoms with Crippen LogP contribution in [0.25, 0.3) is 26.7 Å². The van der Waals surface area contributed by atoms with Crippen molar-refractivity contribution in [3.63, 3.8) is 0 Å². The SMILES string of the molecule is O=c1[nH]c(=O)n(-c2cccc3ccccc23)c(O)c1C=Nc1nc2cc(Cl)c(Cl)cc2s1. The molecule has 0 radical (unpaired) electrons. The number of thiazole rings is 1. The van der Waals surface area contributed by atoms with Gasteiger partial charge in [0.25, 0.3) is 5.56 Å². The third-order valence-electron chi connectivity index (χ3n) is 4.85. The van der Waals surface area contributed by atoms with Gasteiger partial charge < -0.3 is 5.11 Å². The molecule has 2 heterocycles. The molecule has 0 aliphatic carbocycles. The second kappa shape index (κ2) is 7.90. The van der Waals surface area contributed by atoms with Crippen molar-refractivity contribution in [3.05, 3.63) is 91.0 Å². The van der Waals surface area contributed by atoms with Crippen molar-refractivity contribution < 1.29 is 5.11 Å². The van der Waals surface area contributed by atoms with E-state index in [4.69, 9.17) is 23.2 Å². The van der Waals surface area contributed by atoms with Crippen LogP contribution in [0.4, 0.5) is 5.13 Å². The Morgan fingerprint density at radius 3 is 2.66 bits per heavy atom. The number of nitrogens with zero attached hydrogens (tertiary/aromatic N) is 3. The van der Waals surface area contributed by atoms with Gasteiger partial charge in [0.15, 0.2) is 0 Å². The summed E-state index contributed by atoms with van der Waals surface area (Å²) in [6.45, 7) is 0. The predicted molar refractivity (Wildman–Crippen MR) is 129 cm³/mol. The van der Waals surface area contributed by atoms with Crippen LogP contribution >= 0.6 is 34.5 Å². The molecule has 0 amide bonds. The van der Waals surface area contributed by atoms with E-state index in [2.05, 4.69) is 15.0 Å². The number of aromatic amines is 1. The number of aliphatic imine (C=N–C) groups is 1. The van der Waals surface area contributed by atoms with E-state index in [1.54, 1.807) is 24.3 Å². The largest absolute Gasteiger partial charge is 0.493 e. The molecule has 0 bridgehead atoms. The molecule has 0 spiro atoms. The van der Waals surface area contributed by atoms with Crippen LogP contribution in [0.3, 0.4) is 0 Å². The molecular formula is C22H12Cl2N4O3S. The van der Waals surface area contributed by atoms with E-state index >= 15 is 0 Å². The number of nitrogens with one attached hydrogen (secondary N) is 1. The summed E-state index contributed by atoms with van der Waals surface area (Å²) in [5, 5.41) is 13.6. The van der Waals surface area contributed by atoms with Gasteiger partial charge in [-0.05, 0) is 23.6 Å². The summed E-state index contributed by atoms with van der Waals surface area (Å²) in [6.07, 6.45) is 1.18. The number of H-pyrrole nitrogens is 1. The first kappa shape index (κ1) is 20.4. The molecular weight excluding hydrogens is 471 g/mol. The van der Waals surface area contributed by atoms with Gasteiger partial charge in [-0.15, -0.1) is 0 Å². The first-order chi connectivity index (χ1) is 15.4. The maximum absolute atomic E-state index is 12.6. The van der Waals surface area contributed by atoms with Gasteiger partial charge in [-0.25, -0.2) is 19.3 Å². The maximum Gasteiger partial charge on any atom is 0.335 e. The van der Waals surface area contributed by atoms with Gasteiger partial charge in [-0.2, -0.15) is 0 Å². The van der Waals surface area contributed by atoms with Gasteiger partial charge in [0, 0.05) is 11.6 Å². The van der Waals surface area contributed by atoms with E-state index in [0.29, 0.717) is 26.4 Å². The third-order valence-corrected chi connectivity index (χ3v) is 6.50. The maximum atomic E-state index is 12.6. The van der Waals surface area contributed by atoms with Crippen molar-refractivity contribution in [2.75, 3.05) is 0 Å². The van der Waals surface area contributed by atoms with Gasteiger partial charge in [-0.1, -0.05) is 70.9 Å². The number of fused-ring (bicyclic) bond motifs is 2. The third kappa shape index (κ3) is 3.48. The summed E-state index contributed by atoms with van der Waals surface area (Å²) >= 11 is 13.3. The summed E-state index contributed by atoms with van der Waals surface area (Å²) in [5.41, 5.74) is -0.658. The zero-order valence-electron chi connectivity index (χ0n) is 16.0. The fourth-order valence-corrected chi connectivity index (χ4v) is 4.59. The van der Waals surface area contributed by atoms with E-state index in [1.165, 1.54) is 17.6 Å². The van der Waals surface area contributed by atoms with Crippen molar-refractivity contribution in [1.29, 1.82) is 0 Å². The Bertz CT molecular complexity index is 1630. The highest BCUT2D eigenvalue weighted by atomic mass is 35.5. The summed E-state index contributed by atoms with van der Waals surface area (Å²) in [4.78, 5) is 35.8. The molecule has 0 aliphatic rings. The van der Waals surface area contributed by atoms with Crippen molar-refractivity contribution in [1.82, 2.24) is 14.5 Å². The van der Waals surface area contributed by atoms with Gasteiger partial charge in [0.1, 0.15) is 5.56 Å². The summed E-state index contributed by atoms with van der Waals surface area (Å²) in [6, 6.07) is 16.1. The van der Waals surface area contributed by atoms with E-state index in [1.807, 2.05) is 30.3 Å². The minimum atomic E-state index is -0.764. The molecule has 0 saturated heterocycles. The van der Waals surface area contributed by atoms with Crippen LogP contribution in [0.15, 0.2) is 69.2 Å². The number of halogens is 2. The molecule has 5 rings (SSSR count). The second-order valence-electron chi connectivity index (χ2n) is 6.82. The number of aromatic nitrogens is 3. The molecule has 2 aromatic heterocycles. The number of hydrogen-bond acceptors (Lipinski definition) is 6. The zero-order chi connectivity index (χ0) is 22.4. The lowest BCUT2D eigenvalue weighted by atomic mass is 10.1. The van der Waals surface area contributed by atoms with E-state index in [0.717, 1.165) is 20.0 Å². The van der Waals surface area contributed by atoms with Crippen molar-refractivity contribution in [2.24, 2.45) is 4.99 Å². The summed E-state index contributed by atoms with van der Waals surface area (Å²) < 4.78 is 1.81. The number of benzene rings is 3. The number of rotatable bonds is 3. The highest BCUT2D eigenvalue weighted by molar-refractivity contribution is 7.22. The van der Waals surface area contributed by atoms with E-state index < -0.39 is 17.1 Å². The molecule has 10 heteroatoms. The Balaban J connectivity index is 1.64. The van der Waals surface area contributed by atoms with Crippen LogP contribution in [-0.2, 0) is 0 Å². The number of aromatic hydroxyl groups is 1. The Morgan fingerprint density at radius 1 is 1.06 bits per heavy atom. The molecule has 0 saturated carbocycles. The first-order valence-corrected chi connectivity index (χ1v) is 10.9. The highest BCUT2D eigenvalue weighted by Crippen LogP contribution is 2.34. The lowest BCUT2D eigenvalue weighted by Crippen LogP contribution is -2.31. The normalized spacial score (nSPS) is 11.7. The van der Waals surface area contributed by atoms with Gasteiger partial charge in [0.05, 0.1) is 25.9 Å². The standard InChI is InChI=1S/C22H12Cl2N4O3S/c23-14-8-16-18(9-15(14)24)32-21(26-16)25-10-13-19(29)27-22(31)28(20(13)30)17-7-3-5-11-4-1-2-6-12(11)17/h1-10,30H,(H,27,29,31). The fourth-order valence-electron chi connectivity index (χ4n) is 3.37. The second-order valence-corrected chi connectivity index (χ2v) is 8.64. The Kier molecular flexibility index (Phi) is 5.05. The van der Waals surface area contributed by atoms with E-state index in [9.17, 15) is 14.7 Å². The highest BCUT2D eigenvalue weighted by Gasteiger charge is 2.16. The molecule has 7 nitrogen and oxygen atoms in total. The zero-order valence-corrected chi connectivity index (χ0v) is 18.4. The Morgan fingerprint density at radius 2 is 1.81 bits per heavy atom. The Hall–Kier alpha value is -3.46. The van der Waals surface area contributed by atoms with Gasteiger partial charge >= 0.3 is 5.69 Å². The van der Waals surface area contributed by atoms with Crippen LogP contribution in [0.5, 0.6) is 5.88 Å². The minimum Gasteiger partial charge on any atom is -0.493 e. The summed E-state index contributed by atoms with van der Waals surface area (Å²) in [5.74, 6) is -0.522. The van der Waals surface area contributed by atoms with Gasteiger partial charge in [-0.3, -0.25) is 9.78 Å². The van der Waals surface area contributed by atoms with E-state index in [-0.39, 0.29) is 5.56 Å². The average molecular weight is 483 g/mol. The lowest BCUT2D eigenvalue weighted by molar-refractivity contribution is 0.430. The molecule has 32 heavy (non-hydrogen) atoms.